The van der Waals surface area contributed by atoms with Crippen molar-refractivity contribution in [3.05, 3.63) is 53.8 Å². The van der Waals surface area contributed by atoms with Gasteiger partial charge in [0.2, 0.25) is 0 Å². The molecule has 0 radical (unpaired) electrons. The van der Waals surface area contributed by atoms with Crippen molar-refractivity contribution in [3.63, 3.8) is 0 Å². The van der Waals surface area contributed by atoms with Crippen LogP contribution in [0.1, 0.15) is 5.56 Å². The Kier molecular flexibility index (Phi) is 3.59. The maximum absolute atomic E-state index is 13.2. The van der Waals surface area contributed by atoms with Crippen molar-refractivity contribution in [2.75, 3.05) is 10.5 Å². The van der Waals surface area contributed by atoms with Crippen LogP contribution in [0.4, 0.5) is 15.8 Å². The second-order valence-corrected chi connectivity index (χ2v) is 5.67. The molecule has 5 nitrogen and oxygen atoms in total. The molecule has 0 aliphatic heterocycles. The number of sulfonamides is 1. The van der Waals surface area contributed by atoms with Crippen LogP contribution in [0.5, 0.6) is 0 Å². The summed E-state index contributed by atoms with van der Waals surface area (Å²) in [5.74, 6) is -0.768. The van der Waals surface area contributed by atoms with Gasteiger partial charge in [0.1, 0.15) is 11.9 Å². The molecule has 102 valence electrons. The predicted molar refractivity (Wildman–Crippen MR) is 72.8 cm³/mol. The lowest BCUT2D eigenvalue weighted by atomic mass is 10.2. The molecule has 0 unspecified atom stereocenters. The molecule has 7 heteroatoms. The van der Waals surface area contributed by atoms with E-state index >= 15 is 0 Å². The summed E-state index contributed by atoms with van der Waals surface area (Å²) in [5, 5.41) is 8.71. The molecule has 2 aromatic rings. The first-order chi connectivity index (χ1) is 9.42. The Morgan fingerprint density at radius 1 is 1.20 bits per heavy atom. The molecule has 2 rings (SSSR count). The van der Waals surface area contributed by atoms with Crippen LogP contribution in [-0.2, 0) is 10.0 Å². The van der Waals surface area contributed by atoms with Gasteiger partial charge >= 0.3 is 0 Å². The topological polar surface area (TPSA) is 96.0 Å². The Labute approximate surface area is 115 Å². The molecule has 0 saturated carbocycles. The van der Waals surface area contributed by atoms with Crippen LogP contribution in [0.25, 0.3) is 0 Å². The average Bonchev–Trinajstić information content (AvgIpc) is 2.38. The summed E-state index contributed by atoms with van der Waals surface area (Å²) in [6, 6.07) is 10.8. The molecule has 0 aliphatic carbocycles. The number of nitrogens with one attached hydrogen (secondary N) is 1. The van der Waals surface area contributed by atoms with Crippen LogP contribution in [-0.4, -0.2) is 8.42 Å². The smallest absolute Gasteiger partial charge is 0.261 e. The predicted octanol–water partition coefficient (Wildman–Crippen LogP) is 2.08. The van der Waals surface area contributed by atoms with E-state index < -0.39 is 15.8 Å². The fraction of sp³-hybridized carbons (Fsp3) is 0. The lowest BCUT2D eigenvalue weighted by Gasteiger charge is -2.09. The van der Waals surface area contributed by atoms with Crippen molar-refractivity contribution in [2.45, 2.75) is 4.90 Å². The van der Waals surface area contributed by atoms with E-state index in [0.717, 1.165) is 18.2 Å². The van der Waals surface area contributed by atoms with Gasteiger partial charge in [0, 0.05) is 5.69 Å². The lowest BCUT2D eigenvalue weighted by molar-refractivity contribution is 0.599. The molecule has 0 fully saturated rings. The van der Waals surface area contributed by atoms with E-state index in [1.54, 1.807) is 18.2 Å². The highest BCUT2D eigenvalue weighted by Crippen LogP contribution is 2.19. The highest BCUT2D eigenvalue weighted by atomic mass is 32.2. The van der Waals surface area contributed by atoms with Gasteiger partial charge in [-0.3, -0.25) is 4.72 Å². The molecule has 0 atom stereocenters. The quantitative estimate of drug-likeness (QED) is 0.846. The number of halogens is 1. The van der Waals surface area contributed by atoms with Gasteiger partial charge in [-0.1, -0.05) is 6.07 Å². The van der Waals surface area contributed by atoms with Crippen LogP contribution < -0.4 is 10.5 Å². The highest BCUT2D eigenvalue weighted by molar-refractivity contribution is 7.92. The summed E-state index contributed by atoms with van der Waals surface area (Å²) < 4.78 is 39.7. The Bertz CT molecular complexity index is 798. The van der Waals surface area contributed by atoms with Crippen molar-refractivity contribution < 1.29 is 12.8 Å². The van der Waals surface area contributed by atoms with Gasteiger partial charge in [0.05, 0.1) is 16.1 Å². The zero-order valence-electron chi connectivity index (χ0n) is 10.2. The fourth-order valence-electron chi connectivity index (χ4n) is 1.57. The number of nitriles is 1. The molecule has 0 saturated heterocycles. The van der Waals surface area contributed by atoms with Crippen molar-refractivity contribution in [1.82, 2.24) is 0 Å². The fourth-order valence-corrected chi connectivity index (χ4v) is 2.65. The van der Waals surface area contributed by atoms with Crippen molar-refractivity contribution >= 4 is 21.4 Å². The standard InChI is InChI=1S/C13H10FN3O2S/c14-13-5-4-12(6-9(13)8-15)20(18,19)17-11-3-1-2-10(16)7-11/h1-7,17H,16H2. The number of nitrogen functional groups attached to an aromatic ring is 1. The largest absolute Gasteiger partial charge is 0.399 e. The molecule has 0 heterocycles. The van der Waals surface area contributed by atoms with Crippen molar-refractivity contribution in [3.8, 4) is 6.07 Å². The summed E-state index contributed by atoms with van der Waals surface area (Å²) in [6.45, 7) is 0. The summed E-state index contributed by atoms with van der Waals surface area (Å²) in [7, 11) is -3.90. The van der Waals surface area contributed by atoms with Gasteiger partial charge in [-0.2, -0.15) is 5.26 Å². The lowest BCUT2D eigenvalue weighted by Crippen LogP contribution is -2.13. The van der Waals surface area contributed by atoms with E-state index in [0.29, 0.717) is 5.69 Å². The van der Waals surface area contributed by atoms with Gasteiger partial charge in [0.15, 0.2) is 0 Å². The SMILES string of the molecule is N#Cc1cc(S(=O)(=O)Nc2cccc(N)c2)ccc1F. The number of rotatable bonds is 3. The summed E-state index contributed by atoms with van der Waals surface area (Å²) >= 11 is 0. The van der Waals surface area contributed by atoms with Gasteiger partial charge in [0.25, 0.3) is 10.0 Å². The van der Waals surface area contributed by atoms with Gasteiger partial charge < -0.3 is 5.73 Å². The first kappa shape index (κ1) is 13.8. The maximum Gasteiger partial charge on any atom is 0.261 e. The van der Waals surface area contributed by atoms with Crippen molar-refractivity contribution in [1.29, 1.82) is 5.26 Å². The first-order valence-electron chi connectivity index (χ1n) is 5.50. The van der Waals surface area contributed by atoms with E-state index in [2.05, 4.69) is 4.72 Å². The molecule has 0 aromatic heterocycles. The highest BCUT2D eigenvalue weighted by Gasteiger charge is 2.16. The van der Waals surface area contributed by atoms with Crippen LogP contribution in [0.2, 0.25) is 0 Å². The Morgan fingerprint density at radius 3 is 2.60 bits per heavy atom. The van der Waals surface area contributed by atoms with Crippen LogP contribution in [0.3, 0.4) is 0 Å². The maximum atomic E-state index is 13.2. The molecule has 3 N–H and O–H groups in total. The molecule has 2 aromatic carbocycles. The van der Waals surface area contributed by atoms with Gasteiger partial charge in [-0.15, -0.1) is 0 Å². The van der Waals surface area contributed by atoms with E-state index in [1.165, 1.54) is 12.1 Å². The Hall–Kier alpha value is -2.59. The molecule has 0 spiro atoms. The third-order valence-corrected chi connectivity index (χ3v) is 3.89. The van der Waals surface area contributed by atoms with Gasteiger partial charge in [-0.25, -0.2) is 12.8 Å². The third kappa shape index (κ3) is 2.87. The second kappa shape index (κ2) is 5.19. The van der Waals surface area contributed by atoms with Crippen LogP contribution >= 0.6 is 0 Å². The summed E-state index contributed by atoms with van der Waals surface area (Å²) in [6.07, 6.45) is 0. The Morgan fingerprint density at radius 2 is 1.95 bits per heavy atom. The van der Waals surface area contributed by atoms with Crippen molar-refractivity contribution in [2.24, 2.45) is 0 Å². The summed E-state index contributed by atoms with van der Waals surface area (Å²) in [5.41, 5.74) is 5.91. The summed E-state index contributed by atoms with van der Waals surface area (Å²) in [4.78, 5) is -0.196. The number of nitrogens with zero attached hydrogens (tertiary/aromatic N) is 1. The van der Waals surface area contributed by atoms with E-state index in [9.17, 15) is 12.8 Å². The number of anilines is 2. The molecular formula is C13H10FN3O2S. The first-order valence-corrected chi connectivity index (χ1v) is 6.99. The third-order valence-electron chi connectivity index (χ3n) is 2.51. The molecule has 20 heavy (non-hydrogen) atoms. The van der Waals surface area contributed by atoms with E-state index in [-0.39, 0.29) is 16.1 Å². The normalized spacial score (nSPS) is 10.8. The van der Waals surface area contributed by atoms with Crippen LogP contribution in [0, 0.1) is 17.1 Å². The number of hydrogen-bond donors (Lipinski definition) is 2. The zero-order chi connectivity index (χ0) is 14.8. The minimum atomic E-state index is -3.90. The molecule has 0 amide bonds. The minimum absolute atomic E-state index is 0.196. The second-order valence-electron chi connectivity index (χ2n) is 3.98. The monoisotopic (exact) mass is 291 g/mol. The number of benzene rings is 2. The average molecular weight is 291 g/mol. The molecule has 0 bridgehead atoms. The van der Waals surface area contributed by atoms with E-state index in [1.807, 2.05) is 0 Å². The number of hydrogen-bond acceptors (Lipinski definition) is 4. The molecule has 0 aliphatic rings. The minimum Gasteiger partial charge on any atom is -0.399 e. The number of nitrogens with two attached hydrogens (primary N) is 1. The van der Waals surface area contributed by atoms with Crippen LogP contribution in [0.15, 0.2) is 47.4 Å². The zero-order valence-corrected chi connectivity index (χ0v) is 11.0. The van der Waals surface area contributed by atoms with E-state index in [4.69, 9.17) is 11.0 Å². The van der Waals surface area contributed by atoms with Gasteiger partial charge in [-0.05, 0) is 36.4 Å². The Balaban J connectivity index is 2.39. The molecular weight excluding hydrogens is 281 g/mol.